The molecule has 0 aliphatic rings. The molecule has 0 spiro atoms. The van der Waals surface area contributed by atoms with Crippen molar-refractivity contribution in [3.05, 3.63) is 20.2 Å². The van der Waals surface area contributed by atoms with Gasteiger partial charge in [-0.1, -0.05) is 13.8 Å². The normalized spacial score (nSPS) is 17.3. The van der Waals surface area contributed by atoms with E-state index in [-0.39, 0.29) is 17.9 Å². The van der Waals surface area contributed by atoms with Crippen LogP contribution in [0.3, 0.4) is 0 Å². The van der Waals surface area contributed by atoms with Gasteiger partial charge in [-0.3, -0.25) is 20.2 Å². The van der Waals surface area contributed by atoms with Crippen molar-refractivity contribution in [3.63, 3.8) is 0 Å². The molecule has 0 aromatic heterocycles. The lowest BCUT2D eigenvalue weighted by atomic mass is 9.81. The summed E-state index contributed by atoms with van der Waals surface area (Å²) in [5.41, 5.74) is 8.18. The minimum absolute atomic E-state index is 0.0158. The Morgan fingerprint density at radius 2 is 1.03 bits per heavy atom. The fourth-order valence-corrected chi connectivity index (χ4v) is 2.16. The van der Waals surface area contributed by atoms with Gasteiger partial charge >= 0.3 is 0 Å². The van der Waals surface area contributed by atoms with Crippen LogP contribution >= 0.6 is 0 Å². The van der Waals surface area contributed by atoms with E-state index >= 15 is 0 Å². The van der Waals surface area contributed by atoms with Crippen LogP contribution in [0.2, 0.25) is 0 Å². The van der Waals surface area contributed by atoms with Crippen LogP contribution < -0.4 is 11.5 Å². The monoisotopic (exact) mass is 436 g/mol. The van der Waals surface area contributed by atoms with Crippen LogP contribution in [0.15, 0.2) is 0 Å². The second kappa shape index (κ2) is 10.8. The fraction of sp³-hybridized carbons (Fsp3) is 1.00. The smallest absolute Gasteiger partial charge is 0.242 e. The van der Waals surface area contributed by atoms with Crippen LogP contribution in [0.25, 0.3) is 0 Å². The summed E-state index contributed by atoms with van der Waals surface area (Å²) in [6.07, 6.45) is -1.05. The van der Waals surface area contributed by atoms with Crippen LogP contribution in [0, 0.1) is 32.1 Å². The van der Waals surface area contributed by atoms with Crippen LogP contribution in [0.4, 0.5) is 0 Å². The van der Waals surface area contributed by atoms with Gasteiger partial charge < -0.3 is 21.7 Å². The van der Waals surface area contributed by atoms with Gasteiger partial charge in [0.05, 0.1) is 6.10 Å². The molecule has 0 saturated carbocycles. The first-order valence-electron chi connectivity index (χ1n) is 10.2. The molecule has 10 heteroatoms. The maximum Gasteiger partial charge on any atom is 0.242 e. The third kappa shape index (κ3) is 9.63. The third-order valence-electron chi connectivity index (χ3n) is 6.25. The van der Waals surface area contributed by atoms with Gasteiger partial charge in [-0.2, -0.15) is 0 Å². The summed E-state index contributed by atoms with van der Waals surface area (Å²) in [4.78, 5) is 20.6. The molecule has 0 aromatic carbocycles. The average Bonchev–Trinajstić information content (AvgIpc) is 2.52. The second-order valence-corrected chi connectivity index (χ2v) is 10.8. The number of hydrogen-bond donors (Lipinski definition) is 4. The molecule has 0 aliphatic carbocycles. The fourth-order valence-electron chi connectivity index (χ4n) is 2.16. The van der Waals surface area contributed by atoms with E-state index in [0.29, 0.717) is 6.42 Å². The van der Waals surface area contributed by atoms with Gasteiger partial charge in [-0.15, -0.1) is 0 Å². The summed E-state index contributed by atoms with van der Waals surface area (Å²) < 4.78 is 0. The van der Waals surface area contributed by atoms with E-state index in [9.17, 15) is 30.4 Å². The van der Waals surface area contributed by atoms with E-state index in [1.54, 1.807) is 6.92 Å². The molecule has 0 aromatic rings. The van der Waals surface area contributed by atoms with Crippen molar-refractivity contribution in [1.29, 1.82) is 0 Å². The first-order valence-corrected chi connectivity index (χ1v) is 10.2. The number of nitrogens with zero attached hydrogens (tertiary/aromatic N) is 2. The summed E-state index contributed by atoms with van der Waals surface area (Å²) >= 11 is 0. The van der Waals surface area contributed by atoms with Crippen molar-refractivity contribution >= 4 is 0 Å². The van der Waals surface area contributed by atoms with Gasteiger partial charge in [0.25, 0.3) is 0 Å². The molecule has 4 atom stereocenters. The highest BCUT2D eigenvalue weighted by atomic mass is 16.6. The van der Waals surface area contributed by atoms with Gasteiger partial charge in [-0.25, -0.2) is 0 Å². The average molecular weight is 437 g/mol. The highest BCUT2D eigenvalue weighted by molar-refractivity contribution is 4.88. The Morgan fingerprint density at radius 1 is 0.700 bits per heavy atom. The number of nitro groups is 2. The minimum Gasteiger partial charge on any atom is -0.391 e. The molecule has 0 heterocycles. The van der Waals surface area contributed by atoms with Gasteiger partial charge in [0.15, 0.2) is 0 Å². The topological polar surface area (TPSA) is 179 Å². The number of aliphatic hydroxyl groups excluding tert-OH is 2. The molecule has 0 aliphatic heterocycles. The van der Waals surface area contributed by atoms with Gasteiger partial charge in [-0.05, 0) is 46.5 Å². The SMILES string of the molecule is CC(CC(O)C(C)(C)N)C(C)(C)N.CC(CC(O)C(C)(C)[N+](=O)[O-])C(C)(C)[N+](=O)[O-]. The zero-order valence-corrected chi connectivity index (χ0v) is 20.3. The molecule has 0 rings (SSSR count). The Bertz CT molecular complexity index is 519. The standard InChI is InChI=1S/C10H20N2O5.C10H24N2O/c1-7(9(2,3)11(14)15)6-8(13)10(4,5)12(16)17;1-7(9(2,3)11)6-8(13)10(4,5)12/h7-8,13H,6H2,1-5H3;7-8,13H,6,11-12H2,1-5H3. The number of nitrogens with two attached hydrogens (primary N) is 2. The van der Waals surface area contributed by atoms with Gasteiger partial charge in [0, 0.05) is 54.5 Å². The molecular formula is C20H44N4O6. The lowest BCUT2D eigenvalue weighted by Crippen LogP contribution is -2.49. The van der Waals surface area contributed by atoms with Gasteiger partial charge in [0.1, 0.15) is 6.10 Å². The summed E-state index contributed by atoms with van der Waals surface area (Å²) in [6.45, 7) is 16.8. The molecular weight excluding hydrogens is 392 g/mol. The molecule has 180 valence electrons. The number of rotatable bonds is 10. The summed E-state index contributed by atoms with van der Waals surface area (Å²) in [5.74, 6) is -0.211. The Morgan fingerprint density at radius 3 is 1.30 bits per heavy atom. The van der Waals surface area contributed by atoms with Gasteiger partial charge in [0.2, 0.25) is 11.1 Å². The van der Waals surface area contributed by atoms with Crippen LogP contribution in [-0.4, -0.2) is 54.4 Å². The van der Waals surface area contributed by atoms with E-state index in [1.807, 2.05) is 34.6 Å². The van der Waals surface area contributed by atoms with E-state index < -0.39 is 44.6 Å². The lowest BCUT2D eigenvalue weighted by molar-refractivity contribution is -0.581. The minimum atomic E-state index is -1.50. The maximum absolute atomic E-state index is 10.8. The van der Waals surface area contributed by atoms with Crippen molar-refractivity contribution in [2.24, 2.45) is 23.3 Å². The third-order valence-corrected chi connectivity index (χ3v) is 6.25. The van der Waals surface area contributed by atoms with Crippen molar-refractivity contribution in [3.8, 4) is 0 Å². The number of hydrogen-bond acceptors (Lipinski definition) is 8. The molecule has 4 unspecified atom stereocenters. The second-order valence-electron chi connectivity index (χ2n) is 10.8. The van der Waals surface area contributed by atoms with Crippen LogP contribution in [0.1, 0.15) is 82.1 Å². The Labute approximate surface area is 180 Å². The largest absolute Gasteiger partial charge is 0.391 e. The molecule has 0 saturated heterocycles. The zero-order chi connectivity index (χ0) is 24.9. The van der Waals surface area contributed by atoms with Crippen molar-refractivity contribution < 1.29 is 20.1 Å². The molecule has 30 heavy (non-hydrogen) atoms. The lowest BCUT2D eigenvalue weighted by Gasteiger charge is -2.33. The zero-order valence-electron chi connectivity index (χ0n) is 20.3. The predicted octanol–water partition coefficient (Wildman–Crippen LogP) is 2.33. The highest BCUT2D eigenvalue weighted by Gasteiger charge is 2.45. The Balaban J connectivity index is 0. The Hall–Kier alpha value is -1.36. The van der Waals surface area contributed by atoms with E-state index in [0.717, 1.165) is 0 Å². The Kier molecular flexibility index (Phi) is 11.1. The summed E-state index contributed by atoms with van der Waals surface area (Å²) in [6, 6.07) is 0. The van der Waals surface area contributed by atoms with E-state index in [1.165, 1.54) is 27.7 Å². The first-order chi connectivity index (χ1) is 13.0. The molecule has 10 nitrogen and oxygen atoms in total. The molecule has 0 fully saturated rings. The molecule has 0 bridgehead atoms. The maximum atomic E-state index is 10.8. The first kappa shape index (κ1) is 30.8. The molecule has 0 amide bonds. The van der Waals surface area contributed by atoms with Crippen molar-refractivity contribution in [1.82, 2.24) is 0 Å². The van der Waals surface area contributed by atoms with Crippen molar-refractivity contribution in [2.45, 2.75) is 116 Å². The predicted molar refractivity (Wildman–Crippen MR) is 118 cm³/mol. The highest BCUT2D eigenvalue weighted by Crippen LogP contribution is 2.28. The van der Waals surface area contributed by atoms with Crippen molar-refractivity contribution in [2.75, 3.05) is 0 Å². The van der Waals surface area contributed by atoms with Crippen LogP contribution in [0.5, 0.6) is 0 Å². The molecule has 0 radical (unpaired) electrons. The summed E-state index contributed by atoms with van der Waals surface area (Å²) in [5, 5.41) is 41.1. The van der Waals surface area contributed by atoms with Crippen LogP contribution in [-0.2, 0) is 0 Å². The van der Waals surface area contributed by atoms with E-state index in [4.69, 9.17) is 11.5 Å². The van der Waals surface area contributed by atoms with E-state index in [2.05, 4.69) is 0 Å². The molecule has 6 N–H and O–H groups in total. The quantitative estimate of drug-likeness (QED) is 0.297. The number of aliphatic hydroxyl groups is 2. The summed E-state index contributed by atoms with van der Waals surface area (Å²) in [7, 11) is 0.